The second-order valence-corrected chi connectivity index (χ2v) is 5.71. The molecule has 0 fully saturated rings. The molecule has 0 saturated carbocycles. The normalized spacial score (nSPS) is 11.7. The molecular formula is C19H22ClNO3. The van der Waals surface area contributed by atoms with Gasteiger partial charge >= 0.3 is 0 Å². The molecule has 2 aromatic carbocycles. The maximum absolute atomic E-state index is 12.3. The van der Waals surface area contributed by atoms with Crippen LogP contribution in [0.1, 0.15) is 42.7 Å². The van der Waals surface area contributed by atoms with Crippen molar-refractivity contribution in [2.75, 3.05) is 13.2 Å². The van der Waals surface area contributed by atoms with Crippen molar-refractivity contribution in [2.45, 2.75) is 26.8 Å². The third kappa shape index (κ3) is 4.65. The van der Waals surface area contributed by atoms with E-state index in [2.05, 4.69) is 5.32 Å². The minimum absolute atomic E-state index is 0.147. The van der Waals surface area contributed by atoms with Gasteiger partial charge in [0.05, 0.1) is 19.3 Å². The van der Waals surface area contributed by atoms with Crippen molar-refractivity contribution < 1.29 is 14.3 Å². The fourth-order valence-electron chi connectivity index (χ4n) is 2.30. The van der Waals surface area contributed by atoms with Gasteiger partial charge in [-0.25, -0.2) is 0 Å². The summed E-state index contributed by atoms with van der Waals surface area (Å²) < 4.78 is 11.2. The van der Waals surface area contributed by atoms with Crippen molar-refractivity contribution in [1.82, 2.24) is 5.32 Å². The van der Waals surface area contributed by atoms with E-state index in [1.54, 1.807) is 24.3 Å². The Morgan fingerprint density at radius 2 is 1.67 bits per heavy atom. The zero-order valence-corrected chi connectivity index (χ0v) is 14.9. The maximum atomic E-state index is 12.3. The number of hydrogen-bond donors (Lipinski definition) is 1. The van der Waals surface area contributed by atoms with Gasteiger partial charge in [-0.15, -0.1) is 0 Å². The van der Waals surface area contributed by atoms with Gasteiger partial charge in [0, 0.05) is 10.6 Å². The Kier molecular flexibility index (Phi) is 6.50. The van der Waals surface area contributed by atoms with Crippen molar-refractivity contribution in [1.29, 1.82) is 0 Å². The van der Waals surface area contributed by atoms with Gasteiger partial charge in [0.25, 0.3) is 5.91 Å². The molecule has 1 amide bonds. The van der Waals surface area contributed by atoms with Gasteiger partial charge in [0.15, 0.2) is 11.5 Å². The molecule has 1 atom stereocenters. The standard InChI is InChI=1S/C19H22ClNO3/c1-4-23-17-11-8-15(12-18(17)24-5-2)13(3)21-19(22)14-6-9-16(20)10-7-14/h6-13H,4-5H2,1-3H3,(H,21,22). The van der Waals surface area contributed by atoms with Crippen LogP contribution < -0.4 is 14.8 Å². The summed E-state index contributed by atoms with van der Waals surface area (Å²) in [7, 11) is 0. The Bertz CT molecular complexity index is 686. The number of amides is 1. The molecule has 1 unspecified atom stereocenters. The molecule has 24 heavy (non-hydrogen) atoms. The van der Waals surface area contributed by atoms with Crippen LogP contribution in [0.25, 0.3) is 0 Å². The second kappa shape index (κ2) is 8.60. The number of hydrogen-bond acceptors (Lipinski definition) is 3. The molecular weight excluding hydrogens is 326 g/mol. The number of halogens is 1. The molecule has 0 heterocycles. The molecule has 4 nitrogen and oxygen atoms in total. The third-order valence-corrected chi connectivity index (χ3v) is 3.77. The first-order valence-electron chi connectivity index (χ1n) is 8.01. The lowest BCUT2D eigenvalue weighted by molar-refractivity contribution is 0.0940. The average molecular weight is 348 g/mol. The molecule has 1 N–H and O–H groups in total. The molecule has 0 aliphatic rings. The Hall–Kier alpha value is -2.20. The van der Waals surface area contributed by atoms with Crippen LogP contribution in [0.2, 0.25) is 5.02 Å². The van der Waals surface area contributed by atoms with Gasteiger partial charge in [-0.1, -0.05) is 17.7 Å². The molecule has 0 aromatic heterocycles. The first kappa shape index (κ1) is 18.1. The van der Waals surface area contributed by atoms with Crippen molar-refractivity contribution in [3.05, 3.63) is 58.6 Å². The number of nitrogens with one attached hydrogen (secondary N) is 1. The highest BCUT2D eigenvalue weighted by Crippen LogP contribution is 2.30. The van der Waals surface area contributed by atoms with Crippen LogP contribution >= 0.6 is 11.6 Å². The summed E-state index contributed by atoms with van der Waals surface area (Å²) >= 11 is 5.85. The first-order valence-corrected chi connectivity index (χ1v) is 8.38. The quantitative estimate of drug-likeness (QED) is 0.794. The van der Waals surface area contributed by atoms with Gasteiger partial charge in [-0.2, -0.15) is 0 Å². The predicted molar refractivity (Wildman–Crippen MR) is 96.1 cm³/mol. The minimum atomic E-state index is -0.164. The number of benzene rings is 2. The van der Waals surface area contributed by atoms with Gasteiger partial charge in [0.2, 0.25) is 0 Å². The highest BCUT2D eigenvalue weighted by atomic mass is 35.5. The maximum Gasteiger partial charge on any atom is 0.251 e. The van der Waals surface area contributed by atoms with Crippen LogP contribution in [0.5, 0.6) is 11.5 Å². The summed E-state index contributed by atoms with van der Waals surface area (Å²) in [5.74, 6) is 1.25. The molecule has 0 spiro atoms. The SMILES string of the molecule is CCOc1ccc(C(C)NC(=O)c2ccc(Cl)cc2)cc1OCC. The number of carbonyl (C=O) groups excluding carboxylic acids is 1. The Balaban J connectivity index is 2.13. The lowest BCUT2D eigenvalue weighted by Gasteiger charge is -2.17. The van der Waals surface area contributed by atoms with E-state index in [-0.39, 0.29) is 11.9 Å². The molecule has 5 heteroatoms. The van der Waals surface area contributed by atoms with Crippen LogP contribution in [0.4, 0.5) is 0 Å². The summed E-state index contributed by atoms with van der Waals surface area (Å²) in [4.78, 5) is 12.3. The van der Waals surface area contributed by atoms with Crippen LogP contribution in [0, 0.1) is 0 Å². The molecule has 2 rings (SSSR count). The smallest absolute Gasteiger partial charge is 0.251 e. The lowest BCUT2D eigenvalue weighted by Crippen LogP contribution is -2.26. The van der Waals surface area contributed by atoms with Crippen LogP contribution in [-0.2, 0) is 0 Å². The fraction of sp³-hybridized carbons (Fsp3) is 0.316. The monoisotopic (exact) mass is 347 g/mol. The topological polar surface area (TPSA) is 47.6 Å². The van der Waals surface area contributed by atoms with Gasteiger partial charge in [0.1, 0.15) is 0 Å². The average Bonchev–Trinajstić information content (AvgIpc) is 2.57. The van der Waals surface area contributed by atoms with Crippen molar-refractivity contribution in [3.8, 4) is 11.5 Å². The number of rotatable bonds is 7. The summed E-state index contributed by atoms with van der Waals surface area (Å²) in [5, 5.41) is 3.58. The molecule has 2 aromatic rings. The van der Waals surface area contributed by atoms with Gasteiger partial charge in [-0.05, 0) is 62.7 Å². The van der Waals surface area contributed by atoms with Gasteiger partial charge in [-0.3, -0.25) is 4.79 Å². The van der Waals surface area contributed by atoms with E-state index in [9.17, 15) is 4.79 Å². The molecule has 0 aliphatic heterocycles. The van der Waals surface area contributed by atoms with Crippen LogP contribution in [0.3, 0.4) is 0 Å². The molecule has 0 bridgehead atoms. The second-order valence-electron chi connectivity index (χ2n) is 5.27. The third-order valence-electron chi connectivity index (χ3n) is 3.52. The summed E-state index contributed by atoms with van der Waals surface area (Å²) in [6, 6.07) is 12.3. The van der Waals surface area contributed by atoms with E-state index in [1.165, 1.54) is 0 Å². The van der Waals surface area contributed by atoms with E-state index in [4.69, 9.17) is 21.1 Å². The fourth-order valence-corrected chi connectivity index (χ4v) is 2.43. The summed E-state index contributed by atoms with van der Waals surface area (Å²) in [6.45, 7) is 6.91. The van der Waals surface area contributed by atoms with Crippen molar-refractivity contribution in [3.63, 3.8) is 0 Å². The Labute approximate surface area is 147 Å². The highest BCUT2D eigenvalue weighted by Gasteiger charge is 2.14. The van der Waals surface area contributed by atoms with Crippen molar-refractivity contribution >= 4 is 17.5 Å². The van der Waals surface area contributed by atoms with Crippen molar-refractivity contribution in [2.24, 2.45) is 0 Å². The Morgan fingerprint density at radius 1 is 1.04 bits per heavy atom. The molecule has 0 saturated heterocycles. The molecule has 128 valence electrons. The summed E-state index contributed by atoms with van der Waals surface area (Å²) in [6.07, 6.45) is 0. The molecule has 0 aliphatic carbocycles. The van der Waals surface area contributed by atoms with E-state index >= 15 is 0 Å². The summed E-state index contributed by atoms with van der Waals surface area (Å²) in [5.41, 5.74) is 1.52. The van der Waals surface area contributed by atoms with Gasteiger partial charge < -0.3 is 14.8 Å². The van der Waals surface area contributed by atoms with Crippen LogP contribution in [0.15, 0.2) is 42.5 Å². The first-order chi connectivity index (χ1) is 11.5. The zero-order chi connectivity index (χ0) is 17.5. The lowest BCUT2D eigenvalue weighted by atomic mass is 10.1. The van der Waals surface area contributed by atoms with E-state index < -0.39 is 0 Å². The minimum Gasteiger partial charge on any atom is -0.490 e. The number of ether oxygens (including phenoxy) is 2. The Morgan fingerprint density at radius 3 is 2.29 bits per heavy atom. The van der Waals surface area contributed by atoms with E-state index in [0.717, 1.165) is 5.56 Å². The largest absolute Gasteiger partial charge is 0.490 e. The van der Waals surface area contributed by atoms with E-state index in [0.29, 0.717) is 35.3 Å². The highest BCUT2D eigenvalue weighted by molar-refractivity contribution is 6.30. The van der Waals surface area contributed by atoms with Crippen LogP contribution in [-0.4, -0.2) is 19.1 Å². The predicted octanol–water partition coefficient (Wildman–Crippen LogP) is 4.63. The van der Waals surface area contributed by atoms with E-state index in [1.807, 2.05) is 39.0 Å². The number of carbonyl (C=O) groups is 1. The zero-order valence-electron chi connectivity index (χ0n) is 14.1. The molecule has 0 radical (unpaired) electrons.